The highest BCUT2D eigenvalue weighted by molar-refractivity contribution is 6.34. The predicted octanol–water partition coefficient (Wildman–Crippen LogP) is 3.52. The van der Waals surface area contributed by atoms with Crippen molar-refractivity contribution in [3.8, 4) is 0 Å². The van der Waals surface area contributed by atoms with Crippen molar-refractivity contribution in [2.45, 2.75) is 44.6 Å². The Balaban J connectivity index is 1.73. The van der Waals surface area contributed by atoms with Crippen molar-refractivity contribution in [3.05, 3.63) is 34.6 Å². The zero-order chi connectivity index (χ0) is 15.1. The topological polar surface area (TPSA) is 41.1 Å². The summed E-state index contributed by atoms with van der Waals surface area (Å²) < 4.78 is 13.3. The first-order valence-corrected chi connectivity index (χ1v) is 8.02. The van der Waals surface area contributed by atoms with Gasteiger partial charge in [-0.2, -0.15) is 0 Å². The van der Waals surface area contributed by atoms with E-state index in [-0.39, 0.29) is 16.5 Å². The standard InChI is InChI=1S/C16H22ClFN2O/c17-15-13(8-5-9-14(15)18)16(21)20-11-10-19-12-6-3-1-2-4-7-12/h5,8-9,12,19H,1-4,6-7,10-11H2,(H,20,21). The Morgan fingerprint density at radius 1 is 1.19 bits per heavy atom. The van der Waals surface area contributed by atoms with Crippen LogP contribution in [0.25, 0.3) is 0 Å². The van der Waals surface area contributed by atoms with E-state index in [1.165, 1.54) is 56.7 Å². The number of halogens is 2. The number of benzene rings is 1. The molecule has 3 nitrogen and oxygen atoms in total. The Bertz CT molecular complexity index is 473. The number of carbonyl (C=O) groups excluding carboxylic acids is 1. The first-order chi connectivity index (χ1) is 10.2. The summed E-state index contributed by atoms with van der Waals surface area (Å²) in [4.78, 5) is 11.9. The fourth-order valence-electron chi connectivity index (χ4n) is 2.71. The minimum Gasteiger partial charge on any atom is -0.351 e. The maximum Gasteiger partial charge on any atom is 0.252 e. The van der Waals surface area contributed by atoms with E-state index in [4.69, 9.17) is 11.6 Å². The zero-order valence-corrected chi connectivity index (χ0v) is 12.9. The lowest BCUT2D eigenvalue weighted by molar-refractivity contribution is 0.0953. The average Bonchev–Trinajstić information content (AvgIpc) is 2.75. The summed E-state index contributed by atoms with van der Waals surface area (Å²) in [6.45, 7) is 1.24. The van der Waals surface area contributed by atoms with Crippen LogP contribution in [0.5, 0.6) is 0 Å². The summed E-state index contributed by atoms with van der Waals surface area (Å²) in [5.74, 6) is -0.900. The van der Waals surface area contributed by atoms with Gasteiger partial charge in [-0.25, -0.2) is 4.39 Å². The van der Waals surface area contributed by atoms with Crippen LogP contribution in [0.4, 0.5) is 4.39 Å². The van der Waals surface area contributed by atoms with Gasteiger partial charge < -0.3 is 10.6 Å². The highest BCUT2D eigenvalue weighted by atomic mass is 35.5. The summed E-state index contributed by atoms with van der Waals surface area (Å²) in [6, 6.07) is 4.81. The normalized spacial score (nSPS) is 16.5. The molecule has 0 unspecified atom stereocenters. The molecule has 1 fully saturated rings. The number of amides is 1. The molecule has 1 aromatic rings. The second-order valence-electron chi connectivity index (χ2n) is 5.50. The zero-order valence-electron chi connectivity index (χ0n) is 12.1. The van der Waals surface area contributed by atoms with E-state index in [0.717, 1.165) is 6.54 Å². The van der Waals surface area contributed by atoms with Gasteiger partial charge in [0.05, 0.1) is 10.6 Å². The molecule has 5 heteroatoms. The number of rotatable bonds is 5. The fraction of sp³-hybridized carbons (Fsp3) is 0.562. The summed E-state index contributed by atoms with van der Waals surface area (Å²) >= 11 is 5.79. The minimum absolute atomic E-state index is 0.119. The molecule has 0 bridgehead atoms. The van der Waals surface area contributed by atoms with Crippen LogP contribution >= 0.6 is 11.6 Å². The van der Waals surface area contributed by atoms with Gasteiger partial charge in [-0.1, -0.05) is 43.4 Å². The van der Waals surface area contributed by atoms with Crippen molar-refractivity contribution in [1.29, 1.82) is 0 Å². The van der Waals surface area contributed by atoms with Gasteiger partial charge in [-0.05, 0) is 25.0 Å². The lowest BCUT2D eigenvalue weighted by atomic mass is 10.1. The summed E-state index contributed by atoms with van der Waals surface area (Å²) in [5.41, 5.74) is 0.186. The molecule has 0 saturated heterocycles. The van der Waals surface area contributed by atoms with E-state index in [0.29, 0.717) is 12.6 Å². The third-order valence-corrected chi connectivity index (χ3v) is 4.28. The molecular formula is C16H22ClFN2O. The van der Waals surface area contributed by atoms with Crippen molar-refractivity contribution in [1.82, 2.24) is 10.6 Å². The van der Waals surface area contributed by atoms with Crippen LogP contribution in [-0.2, 0) is 0 Å². The van der Waals surface area contributed by atoms with Gasteiger partial charge in [0.15, 0.2) is 0 Å². The number of nitrogens with one attached hydrogen (secondary N) is 2. The molecule has 1 aromatic carbocycles. The van der Waals surface area contributed by atoms with E-state index >= 15 is 0 Å². The molecule has 0 radical (unpaired) electrons. The lowest BCUT2D eigenvalue weighted by Crippen LogP contribution is -2.37. The van der Waals surface area contributed by atoms with Crippen LogP contribution in [0, 0.1) is 5.82 Å². The third kappa shape index (κ3) is 4.97. The molecule has 0 heterocycles. The fourth-order valence-corrected chi connectivity index (χ4v) is 2.92. The van der Waals surface area contributed by atoms with Gasteiger partial charge >= 0.3 is 0 Å². The van der Waals surface area contributed by atoms with E-state index in [1.54, 1.807) is 0 Å². The molecular weight excluding hydrogens is 291 g/mol. The van der Waals surface area contributed by atoms with Crippen LogP contribution < -0.4 is 10.6 Å². The molecule has 2 N–H and O–H groups in total. The lowest BCUT2D eigenvalue weighted by Gasteiger charge is -2.16. The molecule has 1 aliphatic rings. The molecule has 1 amide bonds. The van der Waals surface area contributed by atoms with Crippen LogP contribution in [-0.4, -0.2) is 25.0 Å². The summed E-state index contributed by atoms with van der Waals surface area (Å²) in [5, 5.41) is 6.12. The minimum atomic E-state index is -0.569. The van der Waals surface area contributed by atoms with E-state index < -0.39 is 5.82 Å². The van der Waals surface area contributed by atoms with Crippen molar-refractivity contribution in [2.24, 2.45) is 0 Å². The van der Waals surface area contributed by atoms with Crippen LogP contribution in [0.1, 0.15) is 48.9 Å². The molecule has 0 spiro atoms. The quantitative estimate of drug-likeness (QED) is 0.645. The summed E-state index contributed by atoms with van der Waals surface area (Å²) in [6.07, 6.45) is 7.64. The molecule has 0 aliphatic heterocycles. The molecule has 0 atom stereocenters. The second kappa shape index (κ2) is 8.35. The monoisotopic (exact) mass is 312 g/mol. The molecule has 21 heavy (non-hydrogen) atoms. The van der Waals surface area contributed by atoms with Crippen LogP contribution in [0.2, 0.25) is 5.02 Å². The van der Waals surface area contributed by atoms with E-state index in [9.17, 15) is 9.18 Å². The maximum atomic E-state index is 13.3. The smallest absolute Gasteiger partial charge is 0.252 e. The molecule has 1 saturated carbocycles. The van der Waals surface area contributed by atoms with Gasteiger partial charge in [0, 0.05) is 19.1 Å². The third-order valence-electron chi connectivity index (χ3n) is 3.89. The van der Waals surface area contributed by atoms with Gasteiger partial charge in [0.25, 0.3) is 5.91 Å². The Morgan fingerprint density at radius 3 is 2.62 bits per heavy atom. The SMILES string of the molecule is O=C(NCCNC1CCCCCC1)c1cccc(F)c1Cl. The molecule has 2 rings (SSSR count). The first kappa shape index (κ1) is 16.2. The Morgan fingerprint density at radius 2 is 1.90 bits per heavy atom. The predicted molar refractivity (Wildman–Crippen MR) is 83.2 cm³/mol. The Hall–Kier alpha value is -1.13. The average molecular weight is 313 g/mol. The summed E-state index contributed by atoms with van der Waals surface area (Å²) in [7, 11) is 0. The first-order valence-electron chi connectivity index (χ1n) is 7.64. The number of hydrogen-bond acceptors (Lipinski definition) is 2. The van der Waals surface area contributed by atoms with E-state index in [1.807, 2.05) is 0 Å². The van der Waals surface area contributed by atoms with Crippen molar-refractivity contribution < 1.29 is 9.18 Å². The van der Waals surface area contributed by atoms with E-state index in [2.05, 4.69) is 10.6 Å². The van der Waals surface area contributed by atoms with Crippen LogP contribution in [0.3, 0.4) is 0 Å². The van der Waals surface area contributed by atoms with Crippen molar-refractivity contribution >= 4 is 17.5 Å². The molecule has 116 valence electrons. The Labute approximate surface area is 130 Å². The Kier molecular flexibility index (Phi) is 6.46. The second-order valence-corrected chi connectivity index (χ2v) is 5.88. The van der Waals surface area contributed by atoms with Crippen molar-refractivity contribution in [3.63, 3.8) is 0 Å². The largest absolute Gasteiger partial charge is 0.351 e. The van der Waals surface area contributed by atoms with Gasteiger partial charge in [-0.3, -0.25) is 4.79 Å². The number of carbonyl (C=O) groups is 1. The van der Waals surface area contributed by atoms with Crippen LogP contribution in [0.15, 0.2) is 18.2 Å². The maximum absolute atomic E-state index is 13.3. The highest BCUT2D eigenvalue weighted by Gasteiger charge is 2.14. The van der Waals surface area contributed by atoms with Gasteiger partial charge in [0.1, 0.15) is 5.82 Å². The van der Waals surface area contributed by atoms with Crippen molar-refractivity contribution in [2.75, 3.05) is 13.1 Å². The molecule has 1 aliphatic carbocycles. The number of hydrogen-bond donors (Lipinski definition) is 2. The highest BCUT2D eigenvalue weighted by Crippen LogP contribution is 2.19. The molecule has 0 aromatic heterocycles. The van der Waals surface area contributed by atoms with Gasteiger partial charge in [0.2, 0.25) is 0 Å². The van der Waals surface area contributed by atoms with Gasteiger partial charge in [-0.15, -0.1) is 0 Å².